The highest BCUT2D eigenvalue weighted by molar-refractivity contribution is 6.35. The number of carbonyl (C=O) groups excluding carboxylic acids is 1. The minimum Gasteiger partial charge on any atom is -0.479 e. The fraction of sp³-hybridized carbons (Fsp3) is 0.261. The fourth-order valence-electron chi connectivity index (χ4n) is 3.75. The Morgan fingerprint density at radius 2 is 2.07 bits per heavy atom. The number of H-pyrrole nitrogens is 1. The SMILES string of the molecule is Cc1cccc2c(C3=CCN(C(=O)C(C)Oc4ccc(Cl)cc4Cl)CC3)c[nH]c12. The molecule has 1 atom stereocenters. The van der Waals surface area contributed by atoms with E-state index in [1.807, 2.05) is 4.90 Å². The summed E-state index contributed by atoms with van der Waals surface area (Å²) in [5, 5.41) is 2.15. The maximum atomic E-state index is 12.8. The lowest BCUT2D eigenvalue weighted by Crippen LogP contribution is -2.42. The van der Waals surface area contributed by atoms with Crippen LogP contribution >= 0.6 is 23.2 Å². The van der Waals surface area contributed by atoms with Crippen molar-refractivity contribution in [2.75, 3.05) is 13.1 Å². The molecular weight excluding hydrogens is 407 g/mol. The number of ether oxygens (including phenoxy) is 1. The van der Waals surface area contributed by atoms with E-state index in [1.54, 1.807) is 25.1 Å². The second-order valence-electron chi connectivity index (χ2n) is 7.30. The number of fused-ring (bicyclic) bond motifs is 1. The van der Waals surface area contributed by atoms with E-state index in [0.29, 0.717) is 28.9 Å². The number of para-hydroxylation sites is 1. The molecule has 0 bridgehead atoms. The van der Waals surface area contributed by atoms with E-state index in [9.17, 15) is 4.79 Å². The van der Waals surface area contributed by atoms with Crippen molar-refractivity contribution in [1.29, 1.82) is 0 Å². The first-order valence-electron chi connectivity index (χ1n) is 9.60. The Balaban J connectivity index is 1.46. The highest BCUT2D eigenvalue weighted by Crippen LogP contribution is 2.31. The molecule has 150 valence electrons. The van der Waals surface area contributed by atoms with Gasteiger partial charge in [-0.2, -0.15) is 0 Å². The van der Waals surface area contributed by atoms with Gasteiger partial charge in [0.15, 0.2) is 6.10 Å². The predicted octanol–water partition coefficient (Wildman–Crippen LogP) is 5.87. The van der Waals surface area contributed by atoms with Crippen LogP contribution in [-0.4, -0.2) is 35.0 Å². The molecule has 0 aliphatic carbocycles. The van der Waals surface area contributed by atoms with Gasteiger partial charge < -0.3 is 14.6 Å². The van der Waals surface area contributed by atoms with E-state index in [1.165, 1.54) is 27.6 Å². The molecule has 6 heteroatoms. The van der Waals surface area contributed by atoms with Crippen LogP contribution in [0.4, 0.5) is 0 Å². The summed E-state index contributed by atoms with van der Waals surface area (Å²) in [6, 6.07) is 11.3. The van der Waals surface area contributed by atoms with Crippen LogP contribution < -0.4 is 4.74 Å². The van der Waals surface area contributed by atoms with Crippen molar-refractivity contribution < 1.29 is 9.53 Å². The molecule has 1 aliphatic heterocycles. The fourth-order valence-corrected chi connectivity index (χ4v) is 4.21. The number of halogens is 2. The van der Waals surface area contributed by atoms with Crippen molar-refractivity contribution in [2.24, 2.45) is 0 Å². The van der Waals surface area contributed by atoms with Crippen LogP contribution in [0.2, 0.25) is 10.0 Å². The summed E-state index contributed by atoms with van der Waals surface area (Å²) in [6.45, 7) is 5.07. The number of hydrogen-bond acceptors (Lipinski definition) is 2. The van der Waals surface area contributed by atoms with Gasteiger partial charge >= 0.3 is 0 Å². The zero-order chi connectivity index (χ0) is 20.5. The van der Waals surface area contributed by atoms with Gasteiger partial charge in [0.05, 0.1) is 5.02 Å². The Labute approximate surface area is 180 Å². The van der Waals surface area contributed by atoms with Gasteiger partial charge in [0, 0.05) is 40.8 Å². The molecule has 1 N–H and O–H groups in total. The normalized spacial score (nSPS) is 15.3. The highest BCUT2D eigenvalue weighted by atomic mass is 35.5. The number of amides is 1. The summed E-state index contributed by atoms with van der Waals surface area (Å²) in [4.78, 5) is 18.0. The Bertz CT molecular complexity index is 1100. The van der Waals surface area contributed by atoms with Crippen LogP contribution in [0.25, 0.3) is 16.5 Å². The lowest BCUT2D eigenvalue weighted by molar-refractivity contribution is -0.137. The van der Waals surface area contributed by atoms with Gasteiger partial charge in [-0.1, -0.05) is 47.5 Å². The molecule has 29 heavy (non-hydrogen) atoms. The molecule has 4 rings (SSSR count). The van der Waals surface area contributed by atoms with Crippen LogP contribution in [-0.2, 0) is 4.79 Å². The average Bonchev–Trinajstić information content (AvgIpc) is 3.15. The molecular formula is C23H22Cl2N2O2. The van der Waals surface area contributed by atoms with Gasteiger partial charge in [-0.3, -0.25) is 4.79 Å². The number of nitrogens with one attached hydrogen (secondary N) is 1. The molecule has 0 spiro atoms. The summed E-state index contributed by atoms with van der Waals surface area (Å²) < 4.78 is 5.78. The summed E-state index contributed by atoms with van der Waals surface area (Å²) in [5.74, 6) is 0.403. The molecule has 1 aliphatic rings. The minimum atomic E-state index is -0.626. The quantitative estimate of drug-likeness (QED) is 0.564. The summed E-state index contributed by atoms with van der Waals surface area (Å²) in [7, 11) is 0. The van der Waals surface area contributed by atoms with E-state index < -0.39 is 6.10 Å². The molecule has 0 saturated carbocycles. The van der Waals surface area contributed by atoms with Crippen LogP contribution in [0.15, 0.2) is 48.7 Å². The second-order valence-corrected chi connectivity index (χ2v) is 8.14. The zero-order valence-corrected chi connectivity index (χ0v) is 17.8. The molecule has 1 amide bonds. The number of rotatable bonds is 4. The topological polar surface area (TPSA) is 45.3 Å². The third-order valence-electron chi connectivity index (χ3n) is 5.34. The van der Waals surface area contributed by atoms with Crippen LogP contribution in [0, 0.1) is 6.92 Å². The van der Waals surface area contributed by atoms with Crippen molar-refractivity contribution in [3.63, 3.8) is 0 Å². The monoisotopic (exact) mass is 428 g/mol. The van der Waals surface area contributed by atoms with Crippen LogP contribution in [0.3, 0.4) is 0 Å². The molecule has 2 aromatic carbocycles. The van der Waals surface area contributed by atoms with Gasteiger partial charge in [0.1, 0.15) is 5.75 Å². The lowest BCUT2D eigenvalue weighted by atomic mass is 9.98. The summed E-state index contributed by atoms with van der Waals surface area (Å²) in [5.41, 5.74) is 4.88. The number of nitrogens with zero attached hydrogens (tertiary/aromatic N) is 1. The van der Waals surface area contributed by atoms with E-state index in [2.05, 4.69) is 42.4 Å². The maximum absolute atomic E-state index is 12.8. The molecule has 0 fully saturated rings. The molecule has 4 nitrogen and oxygen atoms in total. The Morgan fingerprint density at radius 3 is 2.79 bits per heavy atom. The number of hydrogen-bond donors (Lipinski definition) is 1. The maximum Gasteiger partial charge on any atom is 0.263 e. The highest BCUT2D eigenvalue weighted by Gasteiger charge is 2.25. The number of aromatic amines is 1. The molecule has 1 aromatic heterocycles. The Hall–Kier alpha value is -2.43. The van der Waals surface area contributed by atoms with Gasteiger partial charge in [-0.25, -0.2) is 0 Å². The number of aryl methyl sites for hydroxylation is 1. The molecule has 1 unspecified atom stereocenters. The number of aromatic nitrogens is 1. The summed E-state index contributed by atoms with van der Waals surface area (Å²) >= 11 is 12.1. The first-order valence-corrected chi connectivity index (χ1v) is 10.4. The van der Waals surface area contributed by atoms with Gasteiger partial charge in [-0.05, 0) is 49.6 Å². The van der Waals surface area contributed by atoms with Crippen molar-refractivity contribution in [3.8, 4) is 5.75 Å². The number of carbonyl (C=O) groups is 1. The standard InChI is InChI=1S/C23H22Cl2N2O2/c1-14-4-3-5-18-19(13-26-22(14)18)16-8-10-27(11-9-16)23(28)15(2)29-21-7-6-17(24)12-20(21)25/h3-8,12-13,15,26H,9-11H2,1-2H3. The van der Waals surface area contributed by atoms with E-state index in [-0.39, 0.29) is 5.91 Å². The Kier molecular flexibility index (Phi) is 5.57. The first-order chi connectivity index (χ1) is 13.9. The minimum absolute atomic E-state index is 0.0545. The first kappa shape index (κ1) is 19.9. The van der Waals surface area contributed by atoms with Gasteiger partial charge in [0.25, 0.3) is 5.91 Å². The van der Waals surface area contributed by atoms with Crippen molar-refractivity contribution in [1.82, 2.24) is 9.88 Å². The molecule has 0 radical (unpaired) electrons. The van der Waals surface area contributed by atoms with Gasteiger partial charge in [0.2, 0.25) is 0 Å². The average molecular weight is 429 g/mol. The predicted molar refractivity (Wildman–Crippen MR) is 119 cm³/mol. The van der Waals surface area contributed by atoms with E-state index in [0.717, 1.165) is 6.42 Å². The summed E-state index contributed by atoms with van der Waals surface area (Å²) in [6.07, 6.45) is 4.38. The largest absolute Gasteiger partial charge is 0.479 e. The molecule has 2 heterocycles. The van der Waals surface area contributed by atoms with Crippen molar-refractivity contribution in [2.45, 2.75) is 26.4 Å². The van der Waals surface area contributed by atoms with Crippen molar-refractivity contribution in [3.05, 3.63) is 69.8 Å². The third kappa shape index (κ3) is 4.00. The molecule has 0 saturated heterocycles. The molecule has 3 aromatic rings. The smallest absolute Gasteiger partial charge is 0.263 e. The Morgan fingerprint density at radius 1 is 1.24 bits per heavy atom. The van der Waals surface area contributed by atoms with E-state index >= 15 is 0 Å². The van der Waals surface area contributed by atoms with Crippen LogP contribution in [0.5, 0.6) is 5.75 Å². The number of benzene rings is 2. The second kappa shape index (κ2) is 8.13. The van der Waals surface area contributed by atoms with E-state index in [4.69, 9.17) is 27.9 Å². The van der Waals surface area contributed by atoms with Crippen LogP contribution in [0.1, 0.15) is 24.5 Å². The zero-order valence-electron chi connectivity index (χ0n) is 16.3. The lowest BCUT2D eigenvalue weighted by Gasteiger charge is -2.29. The third-order valence-corrected chi connectivity index (χ3v) is 5.87. The van der Waals surface area contributed by atoms with Gasteiger partial charge in [-0.15, -0.1) is 0 Å². The van der Waals surface area contributed by atoms with Crippen molar-refractivity contribution >= 4 is 45.6 Å².